The Hall–Kier alpha value is -2.38. The summed E-state index contributed by atoms with van der Waals surface area (Å²) in [6, 6.07) is 1.67. The summed E-state index contributed by atoms with van der Waals surface area (Å²) in [7, 11) is 0. The molecule has 0 radical (unpaired) electrons. The van der Waals surface area contributed by atoms with E-state index in [1.54, 1.807) is 20.0 Å². The number of hydrogen-bond donors (Lipinski definition) is 1. The Kier molecular flexibility index (Phi) is 4.78. The van der Waals surface area contributed by atoms with Crippen molar-refractivity contribution in [2.45, 2.75) is 57.7 Å². The fourth-order valence-electron chi connectivity index (χ4n) is 3.53. The number of carbonyl (C=O) groups excluding carboxylic acids is 3. The molecule has 0 bridgehead atoms. The average molecular weight is 347 g/mol. The molecule has 0 spiro atoms. The van der Waals surface area contributed by atoms with E-state index < -0.39 is 5.54 Å². The number of imide groups is 1. The number of nitrogens with zero attached hydrogens (tertiary/aromatic N) is 4. The fourth-order valence-corrected chi connectivity index (χ4v) is 3.53. The third-order valence-electron chi connectivity index (χ3n) is 4.87. The third-order valence-corrected chi connectivity index (χ3v) is 4.87. The number of likely N-dealkylation sites (tertiary alicyclic amines) is 1. The average Bonchev–Trinajstić information content (AvgIpc) is 3.25. The van der Waals surface area contributed by atoms with Gasteiger partial charge >= 0.3 is 6.03 Å². The largest absolute Gasteiger partial charge is 0.338 e. The van der Waals surface area contributed by atoms with Gasteiger partial charge in [-0.25, -0.2) is 4.79 Å². The Morgan fingerprint density at radius 2 is 2.20 bits per heavy atom. The number of carbonyl (C=O) groups is 3. The first kappa shape index (κ1) is 17.4. The Bertz CT molecular complexity index is 655. The smallest absolute Gasteiger partial charge is 0.325 e. The van der Waals surface area contributed by atoms with Gasteiger partial charge in [0, 0.05) is 31.9 Å². The molecule has 1 N–H and O–H groups in total. The molecule has 2 aliphatic heterocycles. The summed E-state index contributed by atoms with van der Waals surface area (Å²) in [5.41, 5.74) is -0.856. The van der Waals surface area contributed by atoms with Gasteiger partial charge in [0.2, 0.25) is 5.91 Å². The highest BCUT2D eigenvalue weighted by molar-refractivity contribution is 6.06. The molecule has 1 aromatic rings. The molecule has 136 valence electrons. The van der Waals surface area contributed by atoms with Gasteiger partial charge in [-0.15, -0.1) is 0 Å². The van der Waals surface area contributed by atoms with Gasteiger partial charge in [-0.1, -0.05) is 0 Å². The van der Waals surface area contributed by atoms with Crippen LogP contribution in [-0.2, 0) is 16.1 Å². The van der Waals surface area contributed by atoms with Crippen molar-refractivity contribution < 1.29 is 14.4 Å². The number of urea groups is 1. The first-order valence-electron chi connectivity index (χ1n) is 8.79. The highest BCUT2D eigenvalue weighted by atomic mass is 16.2. The number of rotatable bonds is 6. The molecule has 0 unspecified atom stereocenters. The highest BCUT2D eigenvalue weighted by Crippen LogP contribution is 2.21. The minimum absolute atomic E-state index is 0.0842. The maximum absolute atomic E-state index is 12.5. The molecule has 2 saturated heterocycles. The molecule has 1 atom stereocenters. The van der Waals surface area contributed by atoms with Crippen molar-refractivity contribution in [3.05, 3.63) is 18.5 Å². The summed E-state index contributed by atoms with van der Waals surface area (Å²) in [5.74, 6) is -0.149. The Morgan fingerprint density at radius 3 is 2.84 bits per heavy atom. The van der Waals surface area contributed by atoms with Gasteiger partial charge in [0.05, 0.1) is 12.6 Å². The molecule has 0 aromatic carbocycles. The number of aromatic nitrogens is 2. The zero-order valence-corrected chi connectivity index (χ0v) is 14.8. The molecule has 3 rings (SSSR count). The standard InChI is InChI=1S/C17H25N5O3/c1-17(2)15(24)22(16(25)19-17)11-4-7-14(23)21-10-3-6-13(21)12-20-9-5-8-18-20/h5,8-9,13H,3-4,6-7,10-12H2,1-2H3,(H,19,25)/t13-/m0/s1. The lowest BCUT2D eigenvalue weighted by molar-refractivity contribution is -0.133. The monoisotopic (exact) mass is 347 g/mol. The van der Waals surface area contributed by atoms with Gasteiger partial charge in [0.1, 0.15) is 5.54 Å². The van der Waals surface area contributed by atoms with Crippen LogP contribution in [0.15, 0.2) is 18.5 Å². The minimum Gasteiger partial charge on any atom is -0.338 e. The lowest BCUT2D eigenvalue weighted by Crippen LogP contribution is -2.40. The second-order valence-electron chi connectivity index (χ2n) is 7.23. The predicted molar refractivity (Wildman–Crippen MR) is 90.5 cm³/mol. The summed E-state index contributed by atoms with van der Waals surface area (Å²) >= 11 is 0. The van der Waals surface area contributed by atoms with E-state index in [-0.39, 0.29) is 30.4 Å². The Morgan fingerprint density at radius 1 is 1.40 bits per heavy atom. The number of hydrogen-bond acceptors (Lipinski definition) is 4. The normalized spacial score (nSPS) is 22.6. The molecule has 0 aliphatic carbocycles. The van der Waals surface area contributed by atoms with Crippen LogP contribution in [0.5, 0.6) is 0 Å². The quantitative estimate of drug-likeness (QED) is 0.777. The number of amides is 4. The van der Waals surface area contributed by atoms with Crippen LogP contribution in [0.4, 0.5) is 4.79 Å². The van der Waals surface area contributed by atoms with Crippen molar-refractivity contribution in [1.29, 1.82) is 0 Å². The van der Waals surface area contributed by atoms with E-state index in [9.17, 15) is 14.4 Å². The molecular weight excluding hydrogens is 322 g/mol. The zero-order valence-electron chi connectivity index (χ0n) is 14.8. The van der Waals surface area contributed by atoms with E-state index in [0.29, 0.717) is 19.4 Å². The minimum atomic E-state index is -0.856. The van der Waals surface area contributed by atoms with E-state index in [0.717, 1.165) is 19.4 Å². The molecular formula is C17H25N5O3. The second kappa shape index (κ2) is 6.85. The van der Waals surface area contributed by atoms with Crippen LogP contribution < -0.4 is 5.32 Å². The third kappa shape index (κ3) is 3.67. The molecule has 1 aromatic heterocycles. The van der Waals surface area contributed by atoms with Gasteiger partial charge in [0.15, 0.2) is 0 Å². The molecule has 4 amide bonds. The molecule has 0 saturated carbocycles. The van der Waals surface area contributed by atoms with E-state index >= 15 is 0 Å². The first-order chi connectivity index (χ1) is 11.9. The lowest BCUT2D eigenvalue weighted by atomic mass is 10.1. The van der Waals surface area contributed by atoms with Crippen LogP contribution in [0.25, 0.3) is 0 Å². The summed E-state index contributed by atoms with van der Waals surface area (Å²) in [6.07, 6.45) is 6.44. The summed E-state index contributed by atoms with van der Waals surface area (Å²) in [6.45, 7) is 5.11. The second-order valence-corrected chi connectivity index (χ2v) is 7.23. The van der Waals surface area contributed by atoms with E-state index in [4.69, 9.17) is 0 Å². The summed E-state index contributed by atoms with van der Waals surface area (Å²) < 4.78 is 1.85. The molecule has 2 aliphatic rings. The van der Waals surface area contributed by atoms with E-state index in [1.807, 2.05) is 21.8 Å². The summed E-state index contributed by atoms with van der Waals surface area (Å²) in [4.78, 5) is 39.6. The van der Waals surface area contributed by atoms with Crippen LogP contribution in [0.2, 0.25) is 0 Å². The molecule has 25 heavy (non-hydrogen) atoms. The molecule has 2 fully saturated rings. The number of nitrogens with one attached hydrogen (secondary N) is 1. The molecule has 8 nitrogen and oxygen atoms in total. The van der Waals surface area contributed by atoms with Crippen molar-refractivity contribution >= 4 is 17.8 Å². The van der Waals surface area contributed by atoms with Gasteiger partial charge in [-0.2, -0.15) is 5.10 Å². The van der Waals surface area contributed by atoms with Crippen LogP contribution in [-0.4, -0.2) is 62.1 Å². The SMILES string of the molecule is CC1(C)NC(=O)N(CCCC(=O)N2CCC[C@H]2Cn2cccn2)C1=O. The van der Waals surface area contributed by atoms with Crippen molar-refractivity contribution in [1.82, 2.24) is 24.9 Å². The van der Waals surface area contributed by atoms with Crippen molar-refractivity contribution in [2.75, 3.05) is 13.1 Å². The van der Waals surface area contributed by atoms with Crippen molar-refractivity contribution in [3.63, 3.8) is 0 Å². The summed E-state index contributed by atoms with van der Waals surface area (Å²) in [5, 5.41) is 6.86. The van der Waals surface area contributed by atoms with Crippen LogP contribution in [0, 0.1) is 0 Å². The first-order valence-corrected chi connectivity index (χ1v) is 8.79. The van der Waals surface area contributed by atoms with Crippen LogP contribution in [0.3, 0.4) is 0 Å². The fraction of sp³-hybridized carbons (Fsp3) is 0.647. The molecule has 8 heteroatoms. The highest BCUT2D eigenvalue weighted by Gasteiger charge is 2.43. The molecule has 3 heterocycles. The maximum Gasteiger partial charge on any atom is 0.325 e. The Balaban J connectivity index is 1.49. The van der Waals surface area contributed by atoms with E-state index in [1.165, 1.54) is 4.90 Å². The van der Waals surface area contributed by atoms with Crippen LogP contribution >= 0.6 is 0 Å². The van der Waals surface area contributed by atoms with Crippen LogP contribution in [0.1, 0.15) is 39.5 Å². The van der Waals surface area contributed by atoms with Gasteiger partial charge in [-0.3, -0.25) is 19.2 Å². The van der Waals surface area contributed by atoms with Crippen molar-refractivity contribution in [3.8, 4) is 0 Å². The maximum atomic E-state index is 12.5. The van der Waals surface area contributed by atoms with Gasteiger partial charge in [-0.05, 0) is 39.2 Å². The van der Waals surface area contributed by atoms with Gasteiger partial charge in [0.25, 0.3) is 5.91 Å². The lowest BCUT2D eigenvalue weighted by Gasteiger charge is -2.25. The predicted octanol–water partition coefficient (Wildman–Crippen LogP) is 0.985. The topological polar surface area (TPSA) is 87.5 Å². The zero-order chi connectivity index (χ0) is 18.0. The Labute approximate surface area is 147 Å². The van der Waals surface area contributed by atoms with E-state index in [2.05, 4.69) is 10.4 Å². The van der Waals surface area contributed by atoms with Gasteiger partial charge < -0.3 is 10.2 Å². The van der Waals surface area contributed by atoms with Crippen molar-refractivity contribution in [2.24, 2.45) is 0 Å².